The molecule has 1 aromatic carbocycles. The molecule has 0 bridgehead atoms. The number of anilines is 1. The molecule has 0 saturated carbocycles. The van der Waals surface area contributed by atoms with E-state index in [2.05, 4.69) is 5.32 Å². The van der Waals surface area contributed by atoms with Crippen LogP contribution in [0.3, 0.4) is 0 Å². The molecule has 1 rings (SSSR count). The van der Waals surface area contributed by atoms with Crippen molar-refractivity contribution in [2.45, 2.75) is 19.4 Å². The zero-order chi connectivity index (χ0) is 15.3. The summed E-state index contributed by atoms with van der Waals surface area (Å²) in [4.78, 5) is 24.8. The Labute approximate surface area is 127 Å². The van der Waals surface area contributed by atoms with Crippen LogP contribution in [0.2, 0.25) is 10.0 Å². The van der Waals surface area contributed by atoms with Gasteiger partial charge in [-0.25, -0.2) is 0 Å². The smallest absolute Gasteiger partial charge is 0.313 e. The molecule has 110 valence electrons. The van der Waals surface area contributed by atoms with Crippen molar-refractivity contribution in [1.29, 1.82) is 0 Å². The molecule has 0 aliphatic heterocycles. The van der Waals surface area contributed by atoms with Crippen LogP contribution in [0, 0.1) is 0 Å². The number of nitrogens with one attached hydrogen (secondary N) is 1. The van der Waals surface area contributed by atoms with Gasteiger partial charge >= 0.3 is 11.8 Å². The van der Waals surface area contributed by atoms with E-state index in [0.717, 1.165) is 0 Å². The minimum Gasteiger partial charge on any atom is -0.393 e. The van der Waals surface area contributed by atoms with Gasteiger partial charge in [-0.3, -0.25) is 9.59 Å². The Hall–Kier alpha value is -1.30. The molecule has 0 heterocycles. The minimum absolute atomic E-state index is 0.182. The molecule has 0 aliphatic rings. The number of halogens is 2. The van der Waals surface area contributed by atoms with E-state index in [9.17, 15) is 9.59 Å². The number of hydrogen-bond donors (Lipinski definition) is 2. The fourth-order valence-electron chi connectivity index (χ4n) is 1.43. The number of amides is 2. The molecule has 1 unspecified atom stereocenters. The second-order valence-electron chi connectivity index (χ2n) is 4.42. The molecule has 0 saturated heterocycles. The number of hydrogen-bond acceptors (Lipinski definition) is 3. The molecular weight excluding hydrogens is 303 g/mol. The molecule has 0 spiro atoms. The van der Waals surface area contributed by atoms with Crippen molar-refractivity contribution in [3.63, 3.8) is 0 Å². The highest BCUT2D eigenvalue weighted by Gasteiger charge is 2.20. The lowest BCUT2D eigenvalue weighted by atomic mass is 10.2. The molecule has 1 aromatic rings. The van der Waals surface area contributed by atoms with E-state index in [1.54, 1.807) is 25.1 Å². The lowest BCUT2D eigenvalue weighted by Gasteiger charge is -2.17. The zero-order valence-corrected chi connectivity index (χ0v) is 12.7. The first kappa shape index (κ1) is 16.8. The van der Waals surface area contributed by atoms with E-state index >= 15 is 0 Å². The largest absolute Gasteiger partial charge is 0.393 e. The number of likely N-dealkylation sites (N-methyl/N-ethyl adjacent to an activating group) is 1. The molecule has 2 amide bonds. The van der Waals surface area contributed by atoms with Crippen molar-refractivity contribution in [3.05, 3.63) is 28.2 Å². The lowest BCUT2D eigenvalue weighted by Crippen LogP contribution is -2.38. The van der Waals surface area contributed by atoms with Gasteiger partial charge in [-0.1, -0.05) is 29.3 Å². The average molecular weight is 319 g/mol. The summed E-state index contributed by atoms with van der Waals surface area (Å²) < 4.78 is 0. The fraction of sp³-hybridized carbons (Fsp3) is 0.385. The number of rotatable bonds is 4. The van der Waals surface area contributed by atoms with Gasteiger partial charge in [0.15, 0.2) is 0 Å². The molecule has 1 atom stereocenters. The predicted molar refractivity (Wildman–Crippen MR) is 79.0 cm³/mol. The molecule has 7 heteroatoms. The number of aliphatic hydroxyl groups excluding tert-OH is 1. The quantitative estimate of drug-likeness (QED) is 0.836. The molecule has 0 radical (unpaired) electrons. The third kappa shape index (κ3) is 4.67. The van der Waals surface area contributed by atoms with E-state index in [1.807, 2.05) is 0 Å². The summed E-state index contributed by atoms with van der Waals surface area (Å²) in [6.45, 7) is 1.90. The Bertz CT molecular complexity index is 506. The second kappa shape index (κ2) is 7.47. The van der Waals surface area contributed by atoms with Gasteiger partial charge in [0.25, 0.3) is 0 Å². The maximum atomic E-state index is 11.8. The maximum absolute atomic E-state index is 11.8. The highest BCUT2D eigenvalue weighted by Crippen LogP contribution is 2.29. The molecule has 2 N–H and O–H groups in total. The fourth-order valence-corrected chi connectivity index (χ4v) is 1.78. The number of nitrogens with zero attached hydrogens (tertiary/aromatic N) is 1. The molecule has 5 nitrogen and oxygen atoms in total. The molecular formula is C13H16Cl2N2O3. The number of carbonyl (C=O) groups is 2. The Balaban J connectivity index is 2.66. The standard InChI is InChI=1S/C13H16Cl2N2O3/c1-8(18)6-7-17(2)13(20)12(19)16-10-5-3-4-9(14)11(10)15/h3-5,8,18H,6-7H2,1-2H3,(H,16,19). The summed E-state index contributed by atoms with van der Waals surface area (Å²) in [5, 5.41) is 12.0. The second-order valence-corrected chi connectivity index (χ2v) is 5.21. The van der Waals surface area contributed by atoms with Gasteiger partial charge in [0.2, 0.25) is 0 Å². The van der Waals surface area contributed by atoms with Crippen molar-refractivity contribution < 1.29 is 14.7 Å². The van der Waals surface area contributed by atoms with E-state index in [4.69, 9.17) is 28.3 Å². The van der Waals surface area contributed by atoms with Crippen molar-refractivity contribution in [3.8, 4) is 0 Å². The maximum Gasteiger partial charge on any atom is 0.313 e. The molecule has 0 fully saturated rings. The third-order valence-corrected chi connectivity index (χ3v) is 3.44. The Morgan fingerprint density at radius 3 is 2.65 bits per heavy atom. The van der Waals surface area contributed by atoms with Crippen LogP contribution in [0.15, 0.2) is 18.2 Å². The predicted octanol–water partition coefficient (Wildman–Crippen LogP) is 2.16. The number of benzene rings is 1. The van der Waals surface area contributed by atoms with Crippen LogP contribution >= 0.6 is 23.2 Å². The van der Waals surface area contributed by atoms with Gasteiger partial charge in [0.1, 0.15) is 0 Å². The highest BCUT2D eigenvalue weighted by molar-refractivity contribution is 6.45. The summed E-state index contributed by atoms with van der Waals surface area (Å²) in [6, 6.07) is 4.75. The van der Waals surface area contributed by atoms with E-state index in [-0.39, 0.29) is 17.3 Å². The van der Waals surface area contributed by atoms with Crippen LogP contribution < -0.4 is 5.32 Å². The zero-order valence-electron chi connectivity index (χ0n) is 11.2. The van der Waals surface area contributed by atoms with Gasteiger partial charge in [-0.2, -0.15) is 0 Å². The summed E-state index contributed by atoms with van der Waals surface area (Å²) in [7, 11) is 1.49. The van der Waals surface area contributed by atoms with Crippen LogP contribution in [-0.2, 0) is 9.59 Å². The molecule has 0 aliphatic carbocycles. The first-order valence-corrected chi connectivity index (χ1v) is 6.77. The van der Waals surface area contributed by atoms with Gasteiger partial charge in [-0.05, 0) is 25.5 Å². The van der Waals surface area contributed by atoms with Gasteiger partial charge in [0.05, 0.1) is 21.8 Å². The Morgan fingerprint density at radius 2 is 2.05 bits per heavy atom. The van der Waals surface area contributed by atoms with Crippen LogP contribution in [-0.4, -0.2) is 41.5 Å². The Kier molecular flexibility index (Phi) is 6.26. The van der Waals surface area contributed by atoms with Gasteiger partial charge in [-0.15, -0.1) is 0 Å². The third-order valence-electron chi connectivity index (χ3n) is 2.62. The van der Waals surface area contributed by atoms with Gasteiger partial charge in [0, 0.05) is 13.6 Å². The number of aliphatic hydroxyl groups is 1. The van der Waals surface area contributed by atoms with E-state index in [1.165, 1.54) is 11.9 Å². The normalized spacial score (nSPS) is 11.8. The first-order chi connectivity index (χ1) is 9.32. The van der Waals surface area contributed by atoms with Crippen LogP contribution in [0.25, 0.3) is 0 Å². The van der Waals surface area contributed by atoms with Crippen molar-refractivity contribution in [2.24, 2.45) is 0 Å². The Morgan fingerprint density at radius 1 is 1.40 bits per heavy atom. The lowest BCUT2D eigenvalue weighted by molar-refractivity contribution is -0.142. The molecule has 0 aromatic heterocycles. The monoisotopic (exact) mass is 318 g/mol. The van der Waals surface area contributed by atoms with Crippen LogP contribution in [0.1, 0.15) is 13.3 Å². The minimum atomic E-state index is -0.803. The topological polar surface area (TPSA) is 69.6 Å². The van der Waals surface area contributed by atoms with Crippen LogP contribution in [0.4, 0.5) is 5.69 Å². The summed E-state index contributed by atoms with van der Waals surface area (Å²) >= 11 is 11.7. The number of carbonyl (C=O) groups excluding carboxylic acids is 2. The first-order valence-electron chi connectivity index (χ1n) is 6.01. The average Bonchev–Trinajstić information content (AvgIpc) is 2.40. The van der Waals surface area contributed by atoms with Crippen molar-refractivity contribution in [1.82, 2.24) is 4.90 Å². The highest BCUT2D eigenvalue weighted by atomic mass is 35.5. The van der Waals surface area contributed by atoms with E-state index in [0.29, 0.717) is 11.4 Å². The van der Waals surface area contributed by atoms with Crippen molar-refractivity contribution >= 4 is 40.7 Å². The summed E-state index contributed by atoms with van der Waals surface area (Å²) in [5.74, 6) is -1.51. The summed E-state index contributed by atoms with van der Waals surface area (Å²) in [5.41, 5.74) is 0.279. The SMILES string of the molecule is CC(O)CCN(C)C(=O)C(=O)Nc1cccc(Cl)c1Cl. The molecule has 20 heavy (non-hydrogen) atoms. The summed E-state index contributed by atoms with van der Waals surface area (Å²) in [6.07, 6.45) is -0.136. The van der Waals surface area contributed by atoms with Crippen LogP contribution in [0.5, 0.6) is 0 Å². The van der Waals surface area contributed by atoms with Crippen molar-refractivity contribution in [2.75, 3.05) is 18.9 Å². The van der Waals surface area contributed by atoms with Gasteiger partial charge < -0.3 is 15.3 Å². The van der Waals surface area contributed by atoms with E-state index < -0.39 is 17.9 Å².